The van der Waals surface area contributed by atoms with E-state index in [1.54, 1.807) is 67.6 Å². The van der Waals surface area contributed by atoms with Crippen LogP contribution >= 0.6 is 0 Å². The number of nitrogens with two attached hydrogens (primary N) is 2. The zero-order valence-electron chi connectivity index (χ0n) is 56.8. The van der Waals surface area contributed by atoms with Crippen LogP contribution in [0.5, 0.6) is 0 Å². The SMILES string of the molecule is CC[C@H](C)[C@H](NC(=O)[C@@H](Cc1ccccc1)NC)C(=O)N[C@@H](Cc1cccc2ccccc12)C(=O)N[C@H](CCC(N)=O)C(=O)N[C@@H](C(=O)N[C@H](C(=O)N[C@@H](CO)C(=O)N[C@H]1C(=O)N[C@@H](C)C(=O)N[C@@H](CCCCN)C(=O)N[C@@H]([C@@H](C)CC)C(=O)O[C@H]1C)[C@@H](C)CC)[C@@H](C)CC. The van der Waals surface area contributed by atoms with Gasteiger partial charge < -0.3 is 79.8 Å². The summed E-state index contributed by atoms with van der Waals surface area (Å²) in [5, 5.41) is 41.9. The van der Waals surface area contributed by atoms with Gasteiger partial charge in [0.1, 0.15) is 66.5 Å². The third kappa shape index (κ3) is 23.7. The first-order valence-corrected chi connectivity index (χ1v) is 33.2. The lowest BCUT2D eigenvalue weighted by Crippen LogP contribution is -2.63. The van der Waals surface area contributed by atoms with Crippen molar-refractivity contribution in [2.75, 3.05) is 20.2 Å². The lowest BCUT2D eigenvalue weighted by atomic mass is 9.94. The number of aliphatic hydroxyl groups is 1. The summed E-state index contributed by atoms with van der Waals surface area (Å²) in [6, 6.07) is 7.37. The number of aliphatic hydroxyl groups excluding tert-OH is 1. The molecule has 11 amide bonds. The molecule has 16 N–H and O–H groups in total. The zero-order chi connectivity index (χ0) is 70.6. The van der Waals surface area contributed by atoms with Crippen LogP contribution in [0, 0.1) is 23.7 Å². The Balaban J connectivity index is 1.62. The highest BCUT2D eigenvalue weighted by molar-refractivity contribution is 6.00. The predicted octanol–water partition coefficient (Wildman–Crippen LogP) is 0.597. The van der Waals surface area contributed by atoms with Gasteiger partial charge in [0.15, 0.2) is 0 Å². The molecule has 95 heavy (non-hydrogen) atoms. The topological polar surface area (TPSA) is 419 Å². The number of carbonyl (C=O) groups excluding carboxylic acids is 12. The highest BCUT2D eigenvalue weighted by Crippen LogP contribution is 2.22. The fourth-order valence-corrected chi connectivity index (χ4v) is 10.8. The van der Waals surface area contributed by atoms with Crippen LogP contribution in [-0.4, -0.2) is 169 Å². The highest BCUT2D eigenvalue weighted by atomic mass is 16.5. The number of nitrogens with one attached hydrogen (secondary N) is 11. The second kappa shape index (κ2) is 39.3. The first-order valence-electron chi connectivity index (χ1n) is 33.2. The largest absolute Gasteiger partial charge is 0.458 e. The Bertz CT molecular complexity index is 3090. The smallest absolute Gasteiger partial charge is 0.329 e. The van der Waals surface area contributed by atoms with Crippen molar-refractivity contribution in [2.45, 2.75) is 212 Å². The number of esters is 1. The lowest BCUT2D eigenvalue weighted by molar-refractivity contribution is -0.157. The van der Waals surface area contributed by atoms with Gasteiger partial charge in [0.05, 0.1) is 12.6 Å². The van der Waals surface area contributed by atoms with E-state index in [1.807, 2.05) is 67.6 Å². The van der Waals surface area contributed by atoms with E-state index in [9.17, 15) is 62.6 Å². The van der Waals surface area contributed by atoms with Crippen LogP contribution in [0.1, 0.15) is 138 Å². The van der Waals surface area contributed by atoms with Crippen LogP contribution in [0.2, 0.25) is 0 Å². The van der Waals surface area contributed by atoms with E-state index in [0.717, 1.165) is 16.3 Å². The molecule has 0 radical (unpaired) electrons. The van der Waals surface area contributed by atoms with E-state index < -0.39 is 180 Å². The molecule has 0 spiro atoms. The molecule has 524 valence electrons. The summed E-state index contributed by atoms with van der Waals surface area (Å²) in [7, 11) is 1.64. The molecule has 1 aliphatic heterocycles. The van der Waals surface area contributed by atoms with Crippen LogP contribution in [0.3, 0.4) is 0 Å². The van der Waals surface area contributed by atoms with E-state index in [1.165, 1.54) is 13.8 Å². The van der Waals surface area contributed by atoms with Gasteiger partial charge in [0, 0.05) is 12.8 Å². The van der Waals surface area contributed by atoms with Crippen LogP contribution in [0.15, 0.2) is 72.8 Å². The highest BCUT2D eigenvalue weighted by Gasteiger charge is 2.41. The molecule has 1 aliphatic rings. The number of hydrogen-bond acceptors (Lipinski definition) is 16. The molecule has 1 saturated heterocycles. The molecule has 1 fully saturated rings. The number of rotatable bonds is 35. The van der Waals surface area contributed by atoms with Crippen molar-refractivity contribution in [2.24, 2.45) is 35.1 Å². The third-order valence-corrected chi connectivity index (χ3v) is 17.8. The molecule has 0 aliphatic carbocycles. The van der Waals surface area contributed by atoms with Gasteiger partial charge in [-0.25, -0.2) is 4.79 Å². The minimum atomic E-state index is -1.81. The van der Waals surface area contributed by atoms with Crippen molar-refractivity contribution in [1.29, 1.82) is 0 Å². The van der Waals surface area contributed by atoms with Crippen molar-refractivity contribution in [1.82, 2.24) is 58.5 Å². The Morgan fingerprint density at radius 3 is 1.65 bits per heavy atom. The lowest BCUT2D eigenvalue weighted by Gasteiger charge is -2.31. The second-order valence-corrected chi connectivity index (χ2v) is 24.9. The molecular formula is C68H103N13O14. The van der Waals surface area contributed by atoms with Crippen molar-refractivity contribution < 1.29 is 67.4 Å². The number of hydrogen-bond donors (Lipinski definition) is 14. The summed E-state index contributed by atoms with van der Waals surface area (Å²) in [6.07, 6.45) is 0.537. The van der Waals surface area contributed by atoms with E-state index in [-0.39, 0.29) is 32.1 Å². The van der Waals surface area contributed by atoms with Gasteiger partial charge in [0.25, 0.3) is 0 Å². The molecular weight excluding hydrogens is 1220 g/mol. The van der Waals surface area contributed by atoms with Crippen molar-refractivity contribution >= 4 is 81.7 Å². The molecule has 27 nitrogen and oxygen atoms in total. The fourth-order valence-electron chi connectivity index (χ4n) is 10.8. The molecule has 3 aromatic carbocycles. The quantitative estimate of drug-likeness (QED) is 0.0283. The van der Waals surface area contributed by atoms with Gasteiger partial charge in [0.2, 0.25) is 65.0 Å². The van der Waals surface area contributed by atoms with Crippen LogP contribution in [0.4, 0.5) is 0 Å². The average molecular weight is 1330 g/mol. The van der Waals surface area contributed by atoms with Gasteiger partial charge in [-0.2, -0.15) is 0 Å². The number of cyclic esters (lactones) is 1. The Kier molecular flexibility index (Phi) is 32.7. The van der Waals surface area contributed by atoms with Gasteiger partial charge in [-0.3, -0.25) is 52.7 Å². The summed E-state index contributed by atoms with van der Waals surface area (Å²) in [6.45, 7) is 15.8. The maximum Gasteiger partial charge on any atom is 0.329 e. The molecule has 0 aromatic heterocycles. The molecule has 4 rings (SSSR count). The third-order valence-electron chi connectivity index (χ3n) is 17.8. The summed E-state index contributed by atoms with van der Waals surface area (Å²) >= 11 is 0. The number of carbonyl (C=O) groups is 12. The maximum absolute atomic E-state index is 14.9. The average Bonchev–Trinajstić information content (AvgIpc) is 1.52. The summed E-state index contributed by atoms with van der Waals surface area (Å²) < 4.78 is 5.75. The molecule has 0 saturated carbocycles. The van der Waals surface area contributed by atoms with Crippen LogP contribution in [0.25, 0.3) is 10.8 Å². The van der Waals surface area contributed by atoms with Gasteiger partial charge in [-0.1, -0.05) is 154 Å². The molecule has 16 atom stereocenters. The van der Waals surface area contributed by atoms with Gasteiger partial charge in [-0.05, 0) is 105 Å². The molecule has 0 unspecified atom stereocenters. The Labute approximate surface area is 557 Å². The maximum atomic E-state index is 14.9. The molecule has 0 bridgehead atoms. The fraction of sp³-hybridized carbons (Fsp3) is 0.588. The predicted molar refractivity (Wildman–Crippen MR) is 357 cm³/mol. The van der Waals surface area contributed by atoms with Crippen molar-refractivity contribution in [3.8, 4) is 0 Å². The number of unbranched alkanes of at least 4 members (excludes halogenated alkanes) is 1. The minimum Gasteiger partial charge on any atom is -0.458 e. The first-order chi connectivity index (χ1) is 45.2. The normalized spacial score (nSPS) is 20.5. The standard InChI is InChI=1S/C68H103N13O14/c1-12-37(5)53(78-61(87)49(71-11)34-43-24-17-16-18-25-43)64(90)75-50(35-45-28-23-27-44-26-19-20-29-46(44)45)62(88)74-48(31-32-52(70)83)60(86)77-55(39(7)14-3)66(92)79-54(38(6)13-2)65(91)76-51(36-82)63(89)81-57-42(10)95-68(94)56(40(8)15-4)80-59(85)47(30-21-22-33-69)73-58(84)41(9)72-67(57)93/h16-20,23-29,37-42,47-51,53-57,71,82H,12-15,21-22,30-36,69H2,1-11H3,(H2,70,83)(H,72,93)(H,73,84)(H,74,88)(H,75,90)(H,76,91)(H,77,86)(H,78,87)(H,79,92)(H,80,85)(H,81,89)/t37-,38-,39-,40-,41-,42-,47-,48+,49+,50-,51-,53-,54-,55+,56-,57+/m0/s1. The van der Waals surface area contributed by atoms with E-state index in [0.29, 0.717) is 44.2 Å². The zero-order valence-corrected chi connectivity index (χ0v) is 56.8. The van der Waals surface area contributed by atoms with Crippen LogP contribution in [-0.2, 0) is 75.1 Å². The number of likely N-dealkylation sites (N-methyl/N-ethyl adjacent to an activating group) is 1. The number of amides is 11. The number of fused-ring (bicyclic) bond motifs is 1. The van der Waals surface area contributed by atoms with Crippen molar-refractivity contribution in [3.05, 3.63) is 83.9 Å². The number of ether oxygens (including phenoxy) is 1. The van der Waals surface area contributed by atoms with E-state index >= 15 is 0 Å². The Morgan fingerprint density at radius 1 is 0.568 bits per heavy atom. The van der Waals surface area contributed by atoms with Crippen molar-refractivity contribution in [3.63, 3.8) is 0 Å². The van der Waals surface area contributed by atoms with Crippen LogP contribution < -0.4 is 70.0 Å². The molecule has 3 aromatic rings. The van der Waals surface area contributed by atoms with Gasteiger partial charge in [-0.15, -0.1) is 0 Å². The Morgan fingerprint density at radius 2 is 1.09 bits per heavy atom. The van der Waals surface area contributed by atoms with E-state index in [4.69, 9.17) is 16.2 Å². The molecule has 1 heterocycles. The number of benzene rings is 3. The summed E-state index contributed by atoms with van der Waals surface area (Å²) in [5.41, 5.74) is 12.8. The summed E-state index contributed by atoms with van der Waals surface area (Å²) in [5.74, 6) is -12.3. The summed E-state index contributed by atoms with van der Waals surface area (Å²) in [4.78, 5) is 169. The monoisotopic (exact) mass is 1330 g/mol. The first kappa shape index (κ1) is 78.9. The second-order valence-electron chi connectivity index (χ2n) is 24.9. The number of primary amides is 1. The minimum absolute atomic E-state index is 0.102. The van der Waals surface area contributed by atoms with E-state index in [2.05, 4.69) is 58.5 Å². The van der Waals surface area contributed by atoms with Gasteiger partial charge >= 0.3 is 5.97 Å². The molecule has 27 heteroatoms. The Hall–Kier alpha value is -8.56.